The Labute approximate surface area is 113 Å². The lowest BCUT2D eigenvalue weighted by Gasteiger charge is -2.33. The maximum atomic E-state index is 11.4. The fraction of sp³-hybridized carbons (Fsp3) is 0.857. The van der Waals surface area contributed by atoms with Crippen LogP contribution in [0.2, 0.25) is 0 Å². The third-order valence-electron chi connectivity index (χ3n) is 2.85. The molecule has 3 rings (SSSR count). The first-order chi connectivity index (χ1) is 9.22. The molecule has 0 saturated carbocycles. The molecule has 114 valence electrons. The van der Waals surface area contributed by atoms with E-state index in [0.29, 0.717) is 0 Å². The van der Waals surface area contributed by atoms with E-state index in [9.17, 15) is 21.6 Å². The summed E-state index contributed by atoms with van der Waals surface area (Å²) in [6.07, 6.45) is -3.43. The SMILES string of the molecule is O=C1OCC(C2OS(=O)(=O)OC23COS(=O)(=O)OC3)O1. The van der Waals surface area contributed by atoms with Crippen LogP contribution in [-0.4, -0.2) is 60.6 Å². The molecule has 3 fully saturated rings. The molecule has 20 heavy (non-hydrogen) atoms. The number of carbonyl (C=O) groups excluding carboxylic acids is 1. The van der Waals surface area contributed by atoms with Crippen molar-refractivity contribution < 1.29 is 47.8 Å². The summed E-state index contributed by atoms with van der Waals surface area (Å²) in [6, 6.07) is 0. The standard InChI is InChI=1S/C7H8O11S2/c8-6-13-1-4(16-6)5-7(18-20(11,12)17-5)2-14-19(9,10)15-3-7/h4-5H,1-3H2. The van der Waals surface area contributed by atoms with Crippen LogP contribution < -0.4 is 0 Å². The lowest BCUT2D eigenvalue weighted by atomic mass is 9.94. The van der Waals surface area contributed by atoms with Gasteiger partial charge in [-0.2, -0.15) is 16.8 Å². The lowest BCUT2D eigenvalue weighted by molar-refractivity contribution is -0.0953. The molecule has 0 aromatic carbocycles. The first-order valence-electron chi connectivity index (χ1n) is 5.22. The fourth-order valence-corrected chi connectivity index (χ4v) is 3.95. The third-order valence-corrected chi connectivity index (χ3v) is 4.65. The molecule has 0 aliphatic carbocycles. The average molecular weight is 332 g/mol. The summed E-state index contributed by atoms with van der Waals surface area (Å²) in [7, 11) is -8.61. The van der Waals surface area contributed by atoms with E-state index in [1.54, 1.807) is 0 Å². The summed E-state index contributed by atoms with van der Waals surface area (Å²) in [5, 5.41) is 0. The summed E-state index contributed by atoms with van der Waals surface area (Å²) >= 11 is 0. The molecule has 2 unspecified atom stereocenters. The highest BCUT2D eigenvalue weighted by Crippen LogP contribution is 2.38. The Morgan fingerprint density at radius 1 is 1.05 bits per heavy atom. The van der Waals surface area contributed by atoms with Gasteiger partial charge in [0.1, 0.15) is 19.8 Å². The van der Waals surface area contributed by atoms with Crippen LogP contribution in [0.4, 0.5) is 4.79 Å². The highest BCUT2D eigenvalue weighted by molar-refractivity contribution is 7.82. The van der Waals surface area contributed by atoms with Gasteiger partial charge in [0.05, 0.1) is 0 Å². The van der Waals surface area contributed by atoms with Gasteiger partial charge in [0, 0.05) is 0 Å². The Balaban J connectivity index is 1.89. The van der Waals surface area contributed by atoms with Crippen molar-refractivity contribution >= 4 is 27.0 Å². The summed E-state index contributed by atoms with van der Waals surface area (Å²) in [5.74, 6) is 0. The Morgan fingerprint density at radius 3 is 2.25 bits per heavy atom. The van der Waals surface area contributed by atoms with Crippen LogP contribution in [0.15, 0.2) is 0 Å². The van der Waals surface area contributed by atoms with Gasteiger partial charge >= 0.3 is 27.0 Å². The van der Waals surface area contributed by atoms with E-state index in [2.05, 4.69) is 17.3 Å². The van der Waals surface area contributed by atoms with Crippen LogP contribution >= 0.6 is 0 Å². The number of hydrogen-bond acceptors (Lipinski definition) is 11. The second kappa shape index (κ2) is 4.25. The van der Waals surface area contributed by atoms with Crippen molar-refractivity contribution in [1.82, 2.24) is 0 Å². The Kier molecular flexibility index (Phi) is 2.97. The molecule has 0 aromatic heterocycles. The lowest BCUT2D eigenvalue weighted by Crippen LogP contribution is -2.57. The minimum Gasteiger partial charge on any atom is -0.430 e. The normalized spacial score (nSPS) is 37.5. The molecule has 0 aromatic rings. The van der Waals surface area contributed by atoms with Crippen molar-refractivity contribution in [2.45, 2.75) is 17.8 Å². The van der Waals surface area contributed by atoms with Crippen LogP contribution in [0.25, 0.3) is 0 Å². The van der Waals surface area contributed by atoms with Crippen molar-refractivity contribution in [2.24, 2.45) is 0 Å². The summed E-state index contributed by atoms with van der Waals surface area (Å²) in [4.78, 5) is 10.9. The van der Waals surface area contributed by atoms with Gasteiger partial charge in [-0.15, -0.1) is 0 Å². The first kappa shape index (κ1) is 14.0. The van der Waals surface area contributed by atoms with Crippen LogP contribution in [0.1, 0.15) is 0 Å². The van der Waals surface area contributed by atoms with Gasteiger partial charge in [-0.05, 0) is 0 Å². The van der Waals surface area contributed by atoms with Crippen molar-refractivity contribution in [3.05, 3.63) is 0 Å². The van der Waals surface area contributed by atoms with Crippen molar-refractivity contribution in [3.63, 3.8) is 0 Å². The number of ether oxygens (including phenoxy) is 2. The number of rotatable bonds is 1. The molecule has 0 N–H and O–H groups in total. The fourth-order valence-electron chi connectivity index (χ4n) is 2.01. The van der Waals surface area contributed by atoms with E-state index in [1.165, 1.54) is 0 Å². The molecule has 2 atom stereocenters. The number of cyclic esters (lactones) is 2. The van der Waals surface area contributed by atoms with Crippen LogP contribution in [0.5, 0.6) is 0 Å². The summed E-state index contributed by atoms with van der Waals surface area (Å²) in [5.41, 5.74) is -1.76. The van der Waals surface area contributed by atoms with Gasteiger partial charge in [0.25, 0.3) is 0 Å². The second-order valence-electron chi connectivity index (χ2n) is 4.22. The van der Waals surface area contributed by atoms with E-state index in [4.69, 9.17) is 8.92 Å². The maximum Gasteiger partial charge on any atom is 0.508 e. The molecule has 11 nitrogen and oxygen atoms in total. The minimum atomic E-state index is -4.40. The predicted octanol–water partition coefficient (Wildman–Crippen LogP) is -1.79. The largest absolute Gasteiger partial charge is 0.508 e. The molecule has 0 radical (unpaired) electrons. The molecular formula is C7H8O11S2. The first-order valence-corrected chi connectivity index (χ1v) is 7.89. The Bertz CT molecular complexity index is 620. The van der Waals surface area contributed by atoms with Gasteiger partial charge in [0.15, 0.2) is 17.8 Å². The van der Waals surface area contributed by atoms with Crippen LogP contribution in [0, 0.1) is 0 Å². The monoisotopic (exact) mass is 332 g/mol. The van der Waals surface area contributed by atoms with Crippen molar-refractivity contribution in [3.8, 4) is 0 Å². The van der Waals surface area contributed by atoms with Gasteiger partial charge in [0.2, 0.25) is 0 Å². The molecule has 0 bridgehead atoms. The van der Waals surface area contributed by atoms with Gasteiger partial charge in [-0.3, -0.25) is 0 Å². The van der Waals surface area contributed by atoms with Crippen LogP contribution in [0.3, 0.4) is 0 Å². The molecule has 0 amide bonds. The van der Waals surface area contributed by atoms with E-state index < -0.39 is 58.0 Å². The van der Waals surface area contributed by atoms with Gasteiger partial charge in [-0.1, -0.05) is 0 Å². The zero-order chi connectivity index (χ0) is 14.6. The molecule has 3 aliphatic rings. The van der Waals surface area contributed by atoms with Gasteiger partial charge < -0.3 is 9.47 Å². The molecule has 3 heterocycles. The second-order valence-corrected chi connectivity index (χ2v) is 6.69. The van der Waals surface area contributed by atoms with Gasteiger partial charge in [-0.25, -0.2) is 21.5 Å². The van der Waals surface area contributed by atoms with E-state index >= 15 is 0 Å². The molecule has 3 aliphatic heterocycles. The Morgan fingerprint density at radius 2 is 1.70 bits per heavy atom. The van der Waals surface area contributed by atoms with E-state index in [1.807, 2.05) is 0 Å². The third kappa shape index (κ3) is 2.36. The molecular weight excluding hydrogens is 324 g/mol. The predicted molar refractivity (Wildman–Crippen MR) is 54.7 cm³/mol. The summed E-state index contributed by atoms with van der Waals surface area (Å²) in [6.45, 7) is -1.59. The van der Waals surface area contributed by atoms with Crippen LogP contribution in [-0.2, 0) is 47.0 Å². The highest BCUT2D eigenvalue weighted by Gasteiger charge is 2.62. The minimum absolute atomic E-state index is 0.267. The number of hydrogen-bond donors (Lipinski definition) is 0. The highest BCUT2D eigenvalue weighted by atomic mass is 32.3. The average Bonchev–Trinajstić information content (AvgIpc) is 2.86. The molecule has 13 heteroatoms. The quantitative estimate of drug-likeness (QED) is 0.503. The number of carbonyl (C=O) groups is 1. The van der Waals surface area contributed by atoms with E-state index in [-0.39, 0.29) is 6.61 Å². The van der Waals surface area contributed by atoms with Crippen molar-refractivity contribution in [1.29, 1.82) is 0 Å². The smallest absolute Gasteiger partial charge is 0.430 e. The molecule has 1 spiro atoms. The van der Waals surface area contributed by atoms with Crippen molar-refractivity contribution in [2.75, 3.05) is 19.8 Å². The topological polar surface area (TPSA) is 141 Å². The Hall–Kier alpha value is -0.990. The van der Waals surface area contributed by atoms with E-state index in [0.717, 1.165) is 0 Å². The zero-order valence-electron chi connectivity index (χ0n) is 9.58. The molecule has 3 saturated heterocycles. The maximum absolute atomic E-state index is 11.4. The summed E-state index contributed by atoms with van der Waals surface area (Å²) < 4.78 is 72.4. The zero-order valence-corrected chi connectivity index (χ0v) is 11.2.